The van der Waals surface area contributed by atoms with Crippen molar-refractivity contribution in [1.82, 2.24) is 10.2 Å². The fourth-order valence-electron chi connectivity index (χ4n) is 3.87. The molecule has 2 N–H and O–H groups in total. The van der Waals surface area contributed by atoms with E-state index in [0.717, 1.165) is 16.7 Å². The number of hydrogen-bond donors (Lipinski definition) is 2. The summed E-state index contributed by atoms with van der Waals surface area (Å²) < 4.78 is 5.34. The van der Waals surface area contributed by atoms with Crippen molar-refractivity contribution in [3.63, 3.8) is 0 Å². The second-order valence-electron chi connectivity index (χ2n) is 11.3. The van der Waals surface area contributed by atoms with Gasteiger partial charge in [-0.1, -0.05) is 36.4 Å². The lowest BCUT2D eigenvalue weighted by Crippen LogP contribution is -2.57. The highest BCUT2D eigenvalue weighted by molar-refractivity contribution is 5.99. The van der Waals surface area contributed by atoms with Gasteiger partial charge in [-0.3, -0.25) is 9.59 Å². The van der Waals surface area contributed by atoms with E-state index in [1.165, 1.54) is 0 Å². The van der Waals surface area contributed by atoms with Gasteiger partial charge in [-0.05, 0) is 97.6 Å². The first kappa shape index (κ1) is 28.9. The molecule has 2 rings (SSSR count). The van der Waals surface area contributed by atoms with E-state index < -0.39 is 35.2 Å². The number of ether oxygens (including phenoxy) is 1. The number of carbonyl (C=O) groups is 3. The Kier molecular flexibility index (Phi) is 8.94. The molecule has 36 heavy (non-hydrogen) atoms. The van der Waals surface area contributed by atoms with Gasteiger partial charge in [0.2, 0.25) is 5.91 Å². The highest BCUT2D eigenvalue weighted by atomic mass is 16.6. The van der Waals surface area contributed by atoms with Crippen molar-refractivity contribution >= 4 is 23.6 Å². The van der Waals surface area contributed by atoms with Gasteiger partial charge in [0, 0.05) is 11.2 Å². The van der Waals surface area contributed by atoms with Crippen molar-refractivity contribution in [3.8, 4) is 0 Å². The zero-order chi connectivity index (χ0) is 27.4. The quantitative estimate of drug-likeness (QED) is 0.528. The predicted molar refractivity (Wildman–Crippen MR) is 144 cm³/mol. The number of nitrogens with zero attached hydrogens (tertiary/aromatic N) is 1. The van der Waals surface area contributed by atoms with Crippen LogP contribution in [-0.4, -0.2) is 40.0 Å². The number of para-hydroxylation sites is 1. The van der Waals surface area contributed by atoms with Gasteiger partial charge in [-0.2, -0.15) is 0 Å². The molecule has 0 bridgehead atoms. The number of carbonyl (C=O) groups excluding carboxylic acids is 3. The van der Waals surface area contributed by atoms with Gasteiger partial charge in [0.05, 0.1) is 0 Å². The molecule has 7 nitrogen and oxygen atoms in total. The number of hydrogen-bond acceptors (Lipinski definition) is 4. The maximum absolute atomic E-state index is 13.9. The molecule has 0 aliphatic rings. The normalized spacial score (nSPS) is 13.4. The molecule has 7 heteroatoms. The lowest BCUT2D eigenvalue weighted by atomic mass is 9.93. The molecule has 3 amide bonds. The average molecular weight is 496 g/mol. The lowest BCUT2D eigenvalue weighted by Gasteiger charge is -2.42. The molecule has 0 aliphatic carbocycles. The van der Waals surface area contributed by atoms with E-state index in [0.29, 0.717) is 11.3 Å². The molecule has 2 atom stereocenters. The summed E-state index contributed by atoms with van der Waals surface area (Å²) in [5, 5.41) is 5.65. The summed E-state index contributed by atoms with van der Waals surface area (Å²) >= 11 is 0. The number of nitrogens with one attached hydrogen (secondary N) is 2. The fraction of sp³-hybridized carbons (Fsp3) is 0.483. The van der Waals surface area contributed by atoms with Gasteiger partial charge in [0.1, 0.15) is 17.7 Å². The van der Waals surface area contributed by atoms with Gasteiger partial charge < -0.3 is 20.3 Å². The highest BCUT2D eigenvalue weighted by Gasteiger charge is 2.41. The molecule has 2 aromatic rings. The molecular formula is C29H41N3O4. The third kappa shape index (κ3) is 7.57. The zero-order valence-electron chi connectivity index (χ0n) is 23.3. The maximum atomic E-state index is 13.9. The van der Waals surface area contributed by atoms with Gasteiger partial charge in [-0.15, -0.1) is 0 Å². The summed E-state index contributed by atoms with van der Waals surface area (Å²) in [4.78, 5) is 41.7. The Bertz CT molecular complexity index is 1110. The van der Waals surface area contributed by atoms with Gasteiger partial charge in [0.25, 0.3) is 5.91 Å². The third-order valence-electron chi connectivity index (χ3n) is 5.82. The monoisotopic (exact) mass is 495 g/mol. The van der Waals surface area contributed by atoms with Crippen LogP contribution in [0.2, 0.25) is 0 Å². The van der Waals surface area contributed by atoms with Crippen LogP contribution in [-0.2, 0) is 14.3 Å². The smallest absolute Gasteiger partial charge is 0.408 e. The maximum Gasteiger partial charge on any atom is 0.408 e. The SMILES string of the molecule is Cc1ccc(C(C(=O)Nc2ccccc2C)N(C(=O)C(C)NC(=O)OC(C)(C)C)C(C)(C)C)cc1C. The minimum atomic E-state index is -0.931. The zero-order valence-corrected chi connectivity index (χ0v) is 23.3. The van der Waals surface area contributed by atoms with Crippen LogP contribution in [0.25, 0.3) is 0 Å². The number of amides is 3. The minimum Gasteiger partial charge on any atom is -0.444 e. The Hall–Kier alpha value is -3.35. The van der Waals surface area contributed by atoms with Crippen molar-refractivity contribution in [3.05, 3.63) is 64.7 Å². The summed E-state index contributed by atoms with van der Waals surface area (Å²) in [7, 11) is 0. The molecule has 0 saturated heterocycles. The Morgan fingerprint density at radius 2 is 1.47 bits per heavy atom. The van der Waals surface area contributed by atoms with E-state index >= 15 is 0 Å². The van der Waals surface area contributed by atoms with E-state index in [1.807, 2.05) is 84.0 Å². The Morgan fingerprint density at radius 1 is 0.861 bits per heavy atom. The topological polar surface area (TPSA) is 87.7 Å². The van der Waals surface area contributed by atoms with Crippen molar-refractivity contribution in [1.29, 1.82) is 0 Å². The summed E-state index contributed by atoms with van der Waals surface area (Å²) in [6.07, 6.45) is -0.690. The second kappa shape index (κ2) is 11.1. The van der Waals surface area contributed by atoms with E-state index in [-0.39, 0.29) is 5.91 Å². The summed E-state index contributed by atoms with van der Waals surface area (Å²) in [6.45, 7) is 18.4. The Balaban J connectivity index is 2.53. The highest BCUT2D eigenvalue weighted by Crippen LogP contribution is 2.32. The van der Waals surface area contributed by atoms with Crippen LogP contribution in [0, 0.1) is 20.8 Å². The first-order valence-corrected chi connectivity index (χ1v) is 12.3. The van der Waals surface area contributed by atoms with Gasteiger partial charge in [-0.25, -0.2) is 4.79 Å². The Labute approximate surface area is 215 Å². The Morgan fingerprint density at radius 3 is 2.00 bits per heavy atom. The third-order valence-corrected chi connectivity index (χ3v) is 5.82. The molecule has 0 spiro atoms. The molecule has 196 valence electrons. The first-order chi connectivity index (χ1) is 16.5. The van der Waals surface area contributed by atoms with Crippen LogP contribution in [0.5, 0.6) is 0 Å². The molecule has 0 heterocycles. The van der Waals surface area contributed by atoms with Crippen molar-refractivity contribution < 1.29 is 19.1 Å². The van der Waals surface area contributed by atoms with E-state index in [9.17, 15) is 14.4 Å². The molecule has 0 aliphatic heterocycles. The molecular weight excluding hydrogens is 454 g/mol. The van der Waals surface area contributed by atoms with E-state index in [4.69, 9.17) is 4.74 Å². The van der Waals surface area contributed by atoms with Crippen molar-refractivity contribution in [2.75, 3.05) is 5.32 Å². The van der Waals surface area contributed by atoms with Gasteiger partial charge in [0.15, 0.2) is 0 Å². The molecule has 0 aromatic heterocycles. The first-order valence-electron chi connectivity index (χ1n) is 12.3. The standard InChI is InChI=1S/C29H41N3O4/c1-18-15-16-22(17-20(18)3)24(25(33)31-23-14-12-11-13-19(23)2)32(28(5,6)7)26(34)21(4)30-27(35)36-29(8,9)10/h11-17,21,24H,1-10H3,(H,30,35)(H,31,33). The molecule has 0 radical (unpaired) electrons. The number of benzene rings is 2. The van der Waals surface area contributed by atoms with Crippen LogP contribution in [0.4, 0.5) is 10.5 Å². The van der Waals surface area contributed by atoms with Gasteiger partial charge >= 0.3 is 6.09 Å². The van der Waals surface area contributed by atoms with E-state index in [2.05, 4.69) is 10.6 Å². The predicted octanol–water partition coefficient (Wildman–Crippen LogP) is 5.83. The summed E-state index contributed by atoms with van der Waals surface area (Å²) in [6, 6.07) is 11.4. The van der Waals surface area contributed by atoms with Crippen molar-refractivity contribution in [2.24, 2.45) is 0 Å². The van der Waals surface area contributed by atoms with Crippen LogP contribution in [0.15, 0.2) is 42.5 Å². The number of anilines is 1. The molecule has 2 aromatic carbocycles. The van der Waals surface area contributed by atoms with Crippen LogP contribution < -0.4 is 10.6 Å². The number of aryl methyl sites for hydroxylation is 3. The average Bonchev–Trinajstić information content (AvgIpc) is 2.72. The van der Waals surface area contributed by atoms with Crippen molar-refractivity contribution in [2.45, 2.75) is 92.5 Å². The largest absolute Gasteiger partial charge is 0.444 e. The second-order valence-corrected chi connectivity index (χ2v) is 11.3. The molecule has 2 unspecified atom stereocenters. The fourth-order valence-corrected chi connectivity index (χ4v) is 3.87. The molecule has 0 fully saturated rings. The van der Waals surface area contributed by atoms with Crippen LogP contribution in [0.3, 0.4) is 0 Å². The van der Waals surface area contributed by atoms with Crippen LogP contribution >= 0.6 is 0 Å². The summed E-state index contributed by atoms with van der Waals surface area (Å²) in [5.41, 5.74) is 2.94. The number of rotatable bonds is 6. The lowest BCUT2D eigenvalue weighted by molar-refractivity contribution is -0.146. The van der Waals surface area contributed by atoms with Crippen LogP contribution in [0.1, 0.15) is 76.8 Å². The summed E-state index contributed by atoms with van der Waals surface area (Å²) in [5.74, 6) is -0.725. The molecule has 0 saturated carbocycles. The number of alkyl carbamates (subject to hydrolysis) is 1. The minimum absolute atomic E-state index is 0.333. The van der Waals surface area contributed by atoms with E-state index in [1.54, 1.807) is 32.6 Å².